The number of hydrogen-bond donors (Lipinski definition) is 2. The zero-order valence-electron chi connectivity index (χ0n) is 12.3. The number of hydrogen-bond acceptors (Lipinski definition) is 2. The first-order valence-electron chi connectivity index (χ1n) is 7.79. The van der Waals surface area contributed by atoms with E-state index in [0.717, 1.165) is 37.9 Å². The highest BCUT2D eigenvalue weighted by Crippen LogP contribution is 2.19. The average Bonchev–Trinajstić information content (AvgIpc) is 2.76. The van der Waals surface area contributed by atoms with Gasteiger partial charge in [0.05, 0.1) is 6.42 Å². The van der Waals surface area contributed by atoms with E-state index in [-0.39, 0.29) is 5.91 Å². The number of amides is 1. The molecule has 2 aromatic carbocycles. The van der Waals surface area contributed by atoms with Crippen LogP contribution in [0.2, 0.25) is 0 Å². The van der Waals surface area contributed by atoms with E-state index in [0.29, 0.717) is 12.5 Å². The number of carbonyl (C=O) groups is 1. The smallest absolute Gasteiger partial charge is 0.224 e. The van der Waals surface area contributed by atoms with Gasteiger partial charge in [0.15, 0.2) is 0 Å². The Hall–Kier alpha value is -1.87. The van der Waals surface area contributed by atoms with Crippen molar-refractivity contribution in [1.82, 2.24) is 10.6 Å². The van der Waals surface area contributed by atoms with Crippen LogP contribution in [0, 0.1) is 0 Å². The minimum atomic E-state index is 0.137. The van der Waals surface area contributed by atoms with Gasteiger partial charge in [-0.1, -0.05) is 42.5 Å². The van der Waals surface area contributed by atoms with E-state index in [4.69, 9.17) is 0 Å². The summed E-state index contributed by atoms with van der Waals surface area (Å²) in [6.07, 6.45) is 3.71. The molecule has 1 heterocycles. The number of rotatable bonds is 3. The molecule has 1 unspecified atom stereocenters. The summed E-state index contributed by atoms with van der Waals surface area (Å²) < 4.78 is 0. The van der Waals surface area contributed by atoms with Crippen molar-refractivity contribution >= 4 is 16.7 Å². The molecule has 2 aromatic rings. The minimum absolute atomic E-state index is 0.137. The van der Waals surface area contributed by atoms with Crippen molar-refractivity contribution in [3.63, 3.8) is 0 Å². The van der Waals surface area contributed by atoms with E-state index in [1.54, 1.807) is 0 Å². The number of benzene rings is 2. The first-order valence-corrected chi connectivity index (χ1v) is 7.79. The molecule has 3 rings (SSSR count). The van der Waals surface area contributed by atoms with Crippen molar-refractivity contribution in [2.24, 2.45) is 0 Å². The molecule has 1 fully saturated rings. The molecule has 3 heteroatoms. The van der Waals surface area contributed by atoms with Crippen LogP contribution in [-0.4, -0.2) is 25.0 Å². The first kappa shape index (κ1) is 14.1. The van der Waals surface area contributed by atoms with Crippen LogP contribution in [0.25, 0.3) is 10.8 Å². The summed E-state index contributed by atoms with van der Waals surface area (Å²) in [6.45, 7) is 2.06. The van der Waals surface area contributed by atoms with Crippen molar-refractivity contribution in [2.75, 3.05) is 13.1 Å². The third-order valence-electron chi connectivity index (χ3n) is 4.17. The molecule has 1 saturated heterocycles. The van der Waals surface area contributed by atoms with Crippen molar-refractivity contribution in [3.05, 3.63) is 48.0 Å². The number of fused-ring (bicyclic) bond motifs is 1. The lowest BCUT2D eigenvalue weighted by Crippen LogP contribution is -2.36. The highest BCUT2D eigenvalue weighted by Gasteiger charge is 2.15. The summed E-state index contributed by atoms with van der Waals surface area (Å²) >= 11 is 0. The minimum Gasteiger partial charge on any atom is -0.353 e. The molecule has 0 bridgehead atoms. The van der Waals surface area contributed by atoms with E-state index in [1.165, 1.54) is 10.8 Å². The van der Waals surface area contributed by atoms with Crippen LogP contribution in [0.15, 0.2) is 42.5 Å². The van der Waals surface area contributed by atoms with Gasteiger partial charge in [-0.3, -0.25) is 4.79 Å². The average molecular weight is 282 g/mol. The van der Waals surface area contributed by atoms with E-state index in [9.17, 15) is 4.79 Å². The monoisotopic (exact) mass is 282 g/mol. The fraction of sp³-hybridized carbons (Fsp3) is 0.389. The lowest BCUT2D eigenvalue weighted by molar-refractivity contribution is -0.121. The summed E-state index contributed by atoms with van der Waals surface area (Å²) in [5.74, 6) is 0.137. The van der Waals surface area contributed by atoms with Crippen molar-refractivity contribution in [1.29, 1.82) is 0 Å². The number of carbonyl (C=O) groups excluding carboxylic acids is 1. The number of nitrogens with one attached hydrogen (secondary N) is 2. The topological polar surface area (TPSA) is 41.1 Å². The van der Waals surface area contributed by atoms with Crippen LogP contribution in [0.5, 0.6) is 0 Å². The molecular weight excluding hydrogens is 260 g/mol. The molecule has 21 heavy (non-hydrogen) atoms. The van der Waals surface area contributed by atoms with Gasteiger partial charge in [0, 0.05) is 6.04 Å². The largest absolute Gasteiger partial charge is 0.353 e. The molecule has 3 nitrogen and oxygen atoms in total. The molecule has 110 valence electrons. The Morgan fingerprint density at radius 2 is 1.95 bits per heavy atom. The molecule has 1 aliphatic heterocycles. The van der Waals surface area contributed by atoms with E-state index >= 15 is 0 Å². The van der Waals surface area contributed by atoms with Gasteiger partial charge < -0.3 is 10.6 Å². The Bertz CT molecular complexity index is 610. The zero-order valence-corrected chi connectivity index (χ0v) is 12.3. The second-order valence-corrected chi connectivity index (χ2v) is 5.76. The SMILES string of the molecule is O=C(Cc1cccc2ccccc12)NC1CCCNCC1. The van der Waals surface area contributed by atoms with Crippen molar-refractivity contribution < 1.29 is 4.79 Å². The zero-order chi connectivity index (χ0) is 14.5. The highest BCUT2D eigenvalue weighted by atomic mass is 16.1. The van der Waals surface area contributed by atoms with E-state index < -0.39 is 0 Å². The predicted molar refractivity (Wildman–Crippen MR) is 86.3 cm³/mol. The first-order chi connectivity index (χ1) is 10.3. The van der Waals surface area contributed by atoms with Gasteiger partial charge in [0.1, 0.15) is 0 Å². The fourth-order valence-electron chi connectivity index (χ4n) is 3.06. The molecule has 0 saturated carbocycles. The van der Waals surface area contributed by atoms with Gasteiger partial charge in [-0.25, -0.2) is 0 Å². The van der Waals surface area contributed by atoms with Gasteiger partial charge in [-0.15, -0.1) is 0 Å². The van der Waals surface area contributed by atoms with Gasteiger partial charge in [-0.05, 0) is 48.7 Å². The standard InChI is InChI=1S/C18H22N2O/c21-18(20-16-8-4-11-19-12-10-16)13-15-7-3-6-14-5-1-2-9-17(14)15/h1-3,5-7,9,16,19H,4,8,10-13H2,(H,20,21). The molecule has 1 atom stereocenters. The molecule has 0 spiro atoms. The van der Waals surface area contributed by atoms with Crippen LogP contribution < -0.4 is 10.6 Å². The van der Waals surface area contributed by atoms with Crippen LogP contribution in [0.1, 0.15) is 24.8 Å². The molecular formula is C18H22N2O. The summed E-state index contributed by atoms with van der Waals surface area (Å²) in [4.78, 5) is 12.3. The normalized spacial score (nSPS) is 19.1. The Kier molecular flexibility index (Phi) is 4.51. The molecule has 1 aliphatic rings. The lowest BCUT2D eigenvalue weighted by atomic mass is 10.0. The Balaban J connectivity index is 1.68. The highest BCUT2D eigenvalue weighted by molar-refractivity contribution is 5.90. The van der Waals surface area contributed by atoms with Crippen LogP contribution in [0.3, 0.4) is 0 Å². The summed E-state index contributed by atoms with van der Waals surface area (Å²) in [6, 6.07) is 14.7. The molecule has 0 radical (unpaired) electrons. The Morgan fingerprint density at radius 1 is 1.10 bits per heavy atom. The molecule has 0 aromatic heterocycles. The summed E-state index contributed by atoms with van der Waals surface area (Å²) in [5, 5.41) is 8.94. The quantitative estimate of drug-likeness (QED) is 0.908. The third kappa shape index (κ3) is 3.61. The van der Waals surface area contributed by atoms with Crippen LogP contribution in [-0.2, 0) is 11.2 Å². The Morgan fingerprint density at radius 3 is 2.90 bits per heavy atom. The lowest BCUT2D eigenvalue weighted by Gasteiger charge is -2.16. The summed E-state index contributed by atoms with van der Waals surface area (Å²) in [7, 11) is 0. The fourth-order valence-corrected chi connectivity index (χ4v) is 3.06. The Labute approximate surface area is 125 Å². The third-order valence-corrected chi connectivity index (χ3v) is 4.17. The van der Waals surface area contributed by atoms with Gasteiger partial charge in [0.2, 0.25) is 5.91 Å². The maximum Gasteiger partial charge on any atom is 0.224 e. The maximum absolute atomic E-state index is 12.3. The van der Waals surface area contributed by atoms with Gasteiger partial charge >= 0.3 is 0 Å². The van der Waals surface area contributed by atoms with Crippen LogP contribution >= 0.6 is 0 Å². The van der Waals surface area contributed by atoms with E-state index in [2.05, 4.69) is 34.9 Å². The van der Waals surface area contributed by atoms with Crippen LogP contribution in [0.4, 0.5) is 0 Å². The molecule has 2 N–H and O–H groups in total. The second-order valence-electron chi connectivity index (χ2n) is 5.76. The summed E-state index contributed by atoms with van der Waals surface area (Å²) in [5.41, 5.74) is 1.11. The van der Waals surface area contributed by atoms with Gasteiger partial charge in [-0.2, -0.15) is 0 Å². The van der Waals surface area contributed by atoms with Crippen molar-refractivity contribution in [2.45, 2.75) is 31.7 Å². The molecule has 1 amide bonds. The predicted octanol–water partition coefficient (Wildman–Crippen LogP) is 2.64. The van der Waals surface area contributed by atoms with E-state index in [1.807, 2.05) is 18.2 Å². The maximum atomic E-state index is 12.3. The van der Waals surface area contributed by atoms with Gasteiger partial charge in [0.25, 0.3) is 0 Å². The molecule has 0 aliphatic carbocycles. The second kappa shape index (κ2) is 6.72. The van der Waals surface area contributed by atoms with Crippen molar-refractivity contribution in [3.8, 4) is 0 Å².